The predicted molar refractivity (Wildman–Crippen MR) is 164 cm³/mol. The van der Waals surface area contributed by atoms with E-state index in [0.717, 1.165) is 31.4 Å². The highest BCUT2D eigenvalue weighted by molar-refractivity contribution is 14.1. The molecule has 210 valence electrons. The minimum atomic E-state index is -0.552. The van der Waals surface area contributed by atoms with Gasteiger partial charge in [-0.15, -0.1) is 6.58 Å². The van der Waals surface area contributed by atoms with Crippen molar-refractivity contribution in [2.24, 2.45) is 0 Å². The van der Waals surface area contributed by atoms with Gasteiger partial charge in [-0.1, -0.05) is 18.2 Å². The Labute approximate surface area is 254 Å². The van der Waals surface area contributed by atoms with E-state index in [-0.39, 0.29) is 11.7 Å². The Balaban J connectivity index is 1.30. The quantitative estimate of drug-likeness (QED) is 0.158. The zero-order chi connectivity index (χ0) is 28.9. The van der Waals surface area contributed by atoms with Gasteiger partial charge in [0.15, 0.2) is 23.0 Å². The highest BCUT2D eigenvalue weighted by Gasteiger charge is 2.36. The molecule has 9 nitrogen and oxygen atoms in total. The number of ether oxygens (including phenoxy) is 4. The molecule has 11 heteroatoms. The van der Waals surface area contributed by atoms with Crippen molar-refractivity contribution >= 4 is 63.2 Å². The van der Waals surface area contributed by atoms with Crippen molar-refractivity contribution in [2.45, 2.75) is 13.0 Å². The molecule has 2 aliphatic rings. The summed E-state index contributed by atoms with van der Waals surface area (Å²) in [6.45, 7) is 3.88. The first-order valence-corrected chi connectivity index (χ1v) is 14.4. The standard InChI is InChI=1S/C30H25IN2O7S/c1-3-4-20-11-19(12-25(37-2)28(20)38-16-18-5-7-21(31)8-6-18)13-26-29(35)33(30(36)41-26)15-27(34)32-22-9-10-23-24(14-22)40-17-39-23/h3,5-14H,1,4,15-17H2,2H3,(H,32,34). The Bertz CT molecular complexity index is 1560. The van der Waals surface area contributed by atoms with Gasteiger partial charge in [0.2, 0.25) is 12.7 Å². The number of rotatable bonds is 10. The van der Waals surface area contributed by atoms with Crippen LogP contribution in [-0.2, 0) is 22.6 Å². The highest BCUT2D eigenvalue weighted by atomic mass is 127. The van der Waals surface area contributed by atoms with Crippen molar-refractivity contribution < 1.29 is 33.3 Å². The van der Waals surface area contributed by atoms with Crippen LogP contribution >= 0.6 is 34.4 Å². The number of hydrogen-bond donors (Lipinski definition) is 1. The third-order valence-electron chi connectivity index (χ3n) is 6.16. The number of carbonyl (C=O) groups excluding carboxylic acids is 3. The van der Waals surface area contributed by atoms with Crippen molar-refractivity contribution in [3.05, 3.63) is 92.4 Å². The van der Waals surface area contributed by atoms with Crippen molar-refractivity contribution in [1.82, 2.24) is 4.90 Å². The Morgan fingerprint density at radius 3 is 2.66 bits per heavy atom. The van der Waals surface area contributed by atoms with Gasteiger partial charge in [-0.25, -0.2) is 0 Å². The summed E-state index contributed by atoms with van der Waals surface area (Å²) in [4.78, 5) is 39.5. The topological polar surface area (TPSA) is 103 Å². The molecule has 0 bridgehead atoms. The second-order valence-corrected chi connectivity index (χ2v) is 11.2. The molecule has 1 saturated heterocycles. The van der Waals surface area contributed by atoms with Crippen LogP contribution in [0.15, 0.2) is 72.2 Å². The number of carbonyl (C=O) groups is 3. The number of nitrogens with zero attached hydrogens (tertiary/aromatic N) is 1. The number of thioether (sulfide) groups is 1. The summed E-state index contributed by atoms with van der Waals surface area (Å²) in [6, 6.07) is 16.6. The van der Waals surface area contributed by atoms with E-state index in [9.17, 15) is 14.4 Å². The molecule has 41 heavy (non-hydrogen) atoms. The van der Waals surface area contributed by atoms with Crippen molar-refractivity contribution in [3.63, 3.8) is 0 Å². The van der Waals surface area contributed by atoms with E-state index in [2.05, 4.69) is 34.5 Å². The van der Waals surface area contributed by atoms with E-state index < -0.39 is 23.6 Å². The molecule has 3 amide bonds. The SMILES string of the molecule is C=CCc1cc(C=C2SC(=O)N(CC(=O)Nc3ccc4c(c3)OCO4)C2=O)cc(OC)c1OCc1ccc(I)cc1. The van der Waals surface area contributed by atoms with Crippen molar-refractivity contribution in [1.29, 1.82) is 0 Å². The van der Waals surface area contributed by atoms with Gasteiger partial charge in [0.1, 0.15) is 13.2 Å². The second kappa shape index (κ2) is 12.7. The number of halogens is 1. The zero-order valence-corrected chi connectivity index (χ0v) is 25.0. The summed E-state index contributed by atoms with van der Waals surface area (Å²) < 4.78 is 23.5. The smallest absolute Gasteiger partial charge is 0.294 e. The lowest BCUT2D eigenvalue weighted by Gasteiger charge is -2.16. The number of fused-ring (bicyclic) bond motifs is 1. The molecule has 0 spiro atoms. The molecule has 5 rings (SSSR count). The molecule has 0 unspecified atom stereocenters. The van der Waals surface area contributed by atoms with Crippen LogP contribution in [0.3, 0.4) is 0 Å². The zero-order valence-electron chi connectivity index (χ0n) is 22.0. The number of amides is 3. The minimum absolute atomic E-state index is 0.111. The monoisotopic (exact) mass is 684 g/mol. The maximum absolute atomic E-state index is 13.1. The van der Waals surface area contributed by atoms with Crippen LogP contribution in [0, 0.1) is 3.57 Å². The fourth-order valence-electron chi connectivity index (χ4n) is 4.23. The van der Waals surface area contributed by atoms with Gasteiger partial charge >= 0.3 is 0 Å². The Morgan fingerprint density at radius 2 is 1.90 bits per heavy atom. The van der Waals surface area contributed by atoms with Crippen LogP contribution in [0.25, 0.3) is 6.08 Å². The molecule has 2 aliphatic heterocycles. The Kier molecular flexibility index (Phi) is 8.84. The second-order valence-electron chi connectivity index (χ2n) is 9.00. The predicted octanol–water partition coefficient (Wildman–Crippen LogP) is 6.01. The lowest BCUT2D eigenvalue weighted by molar-refractivity contribution is -0.127. The first kappa shape index (κ1) is 28.6. The van der Waals surface area contributed by atoms with E-state index >= 15 is 0 Å². The molecular formula is C30H25IN2O7S. The fourth-order valence-corrected chi connectivity index (χ4v) is 5.43. The lowest BCUT2D eigenvalue weighted by Crippen LogP contribution is -2.36. The van der Waals surface area contributed by atoms with Crippen LogP contribution in [0.1, 0.15) is 16.7 Å². The van der Waals surface area contributed by atoms with E-state index in [1.807, 2.05) is 30.3 Å². The molecule has 0 radical (unpaired) electrons. The minimum Gasteiger partial charge on any atom is -0.493 e. The summed E-state index contributed by atoms with van der Waals surface area (Å²) in [6.07, 6.45) is 3.86. The van der Waals surface area contributed by atoms with Gasteiger partial charge in [0, 0.05) is 20.9 Å². The number of nitrogens with one attached hydrogen (secondary N) is 1. The van der Waals surface area contributed by atoms with Gasteiger partial charge in [-0.2, -0.15) is 0 Å². The van der Waals surface area contributed by atoms with Gasteiger partial charge in [0.25, 0.3) is 11.1 Å². The number of allylic oxidation sites excluding steroid dienone is 1. The average Bonchev–Trinajstić information content (AvgIpc) is 3.52. The first-order valence-electron chi connectivity index (χ1n) is 12.5. The number of methoxy groups -OCH3 is 1. The van der Waals surface area contributed by atoms with Crippen LogP contribution in [0.2, 0.25) is 0 Å². The molecule has 2 heterocycles. The fraction of sp³-hybridized carbons (Fsp3) is 0.167. The van der Waals surface area contributed by atoms with E-state index in [1.165, 1.54) is 0 Å². The Morgan fingerprint density at radius 1 is 1.12 bits per heavy atom. The molecule has 1 N–H and O–H groups in total. The maximum Gasteiger partial charge on any atom is 0.294 e. The lowest BCUT2D eigenvalue weighted by atomic mass is 10.0. The first-order chi connectivity index (χ1) is 19.8. The molecule has 0 saturated carbocycles. The third kappa shape index (κ3) is 6.68. The van der Waals surface area contributed by atoms with Crippen LogP contribution < -0.4 is 24.3 Å². The molecule has 0 aliphatic carbocycles. The van der Waals surface area contributed by atoms with Crippen molar-refractivity contribution in [2.75, 3.05) is 25.8 Å². The number of benzene rings is 3. The Hall–Kier alpha value is -3.97. The number of anilines is 1. The van der Waals surface area contributed by atoms with E-state index in [4.69, 9.17) is 18.9 Å². The number of imide groups is 1. The molecular weight excluding hydrogens is 659 g/mol. The van der Waals surface area contributed by atoms with Crippen LogP contribution in [-0.4, -0.2) is 42.4 Å². The largest absolute Gasteiger partial charge is 0.493 e. The van der Waals surface area contributed by atoms with Gasteiger partial charge in [-0.05, 0) is 94.4 Å². The van der Waals surface area contributed by atoms with Crippen LogP contribution in [0.5, 0.6) is 23.0 Å². The van der Waals surface area contributed by atoms with E-state index in [0.29, 0.717) is 47.3 Å². The van der Waals surface area contributed by atoms with Gasteiger partial charge in [-0.3, -0.25) is 19.3 Å². The van der Waals surface area contributed by atoms with Gasteiger partial charge in [0.05, 0.1) is 12.0 Å². The summed E-state index contributed by atoms with van der Waals surface area (Å²) in [5, 5.41) is 2.15. The summed E-state index contributed by atoms with van der Waals surface area (Å²) >= 11 is 3.03. The molecule has 0 aromatic heterocycles. The summed E-state index contributed by atoms with van der Waals surface area (Å²) in [7, 11) is 1.54. The summed E-state index contributed by atoms with van der Waals surface area (Å²) in [5.74, 6) is 1.09. The molecule has 3 aromatic carbocycles. The molecule has 1 fully saturated rings. The molecule has 3 aromatic rings. The van der Waals surface area contributed by atoms with Crippen LogP contribution in [0.4, 0.5) is 10.5 Å². The molecule has 0 atom stereocenters. The number of hydrogen-bond acceptors (Lipinski definition) is 8. The average molecular weight is 685 g/mol. The normalized spacial score (nSPS) is 14.9. The third-order valence-corrected chi connectivity index (χ3v) is 7.79. The maximum atomic E-state index is 13.1. The summed E-state index contributed by atoms with van der Waals surface area (Å²) in [5.41, 5.74) is 2.94. The highest BCUT2D eigenvalue weighted by Crippen LogP contribution is 2.38. The van der Waals surface area contributed by atoms with E-state index in [1.54, 1.807) is 43.5 Å². The van der Waals surface area contributed by atoms with Crippen molar-refractivity contribution in [3.8, 4) is 23.0 Å². The van der Waals surface area contributed by atoms with Gasteiger partial charge < -0.3 is 24.3 Å².